The molecule has 13 heavy (non-hydrogen) atoms. The highest BCUT2D eigenvalue weighted by Crippen LogP contribution is 2.21. The lowest BCUT2D eigenvalue weighted by molar-refractivity contribution is 0.111. The van der Waals surface area contributed by atoms with Crippen molar-refractivity contribution in [3.8, 4) is 0 Å². The highest BCUT2D eigenvalue weighted by Gasteiger charge is 2.10. The summed E-state index contributed by atoms with van der Waals surface area (Å²) < 4.78 is 38.5. The monoisotopic (exact) mass is 249 g/mol. The Hall–Kier alpha value is -0.740. The highest BCUT2D eigenvalue weighted by molar-refractivity contribution is 9.10. The Balaban J connectivity index is 2.97. The van der Waals surface area contributed by atoms with Gasteiger partial charge in [-0.2, -0.15) is 0 Å². The number of methoxy groups -OCH3 is 1. The zero-order valence-electron chi connectivity index (χ0n) is 9.51. The Morgan fingerprint density at radius 2 is 2.54 bits per heavy atom. The molecule has 2 nitrogen and oxygen atoms in total. The molecule has 0 aromatic heterocycles. The molecule has 0 fully saturated rings. The van der Waals surface area contributed by atoms with Crippen LogP contribution in [0.1, 0.15) is 20.0 Å². The third-order valence-corrected chi connectivity index (χ3v) is 2.18. The van der Waals surface area contributed by atoms with Gasteiger partial charge in [0.05, 0.1) is 20.8 Å². The largest absolute Gasteiger partial charge is 0.380 e. The molecule has 1 rings (SSSR count). The van der Waals surface area contributed by atoms with E-state index in [-0.39, 0.29) is 22.2 Å². The maximum atomic E-state index is 13.4. The minimum atomic E-state index is -2.57. The summed E-state index contributed by atoms with van der Waals surface area (Å²) in [4.78, 5) is 10.7. The molecule has 0 N–H and O–H groups in total. The maximum absolute atomic E-state index is 13.4. The van der Waals surface area contributed by atoms with E-state index in [4.69, 9.17) is 4.11 Å². The molecule has 0 radical (unpaired) electrons. The molecule has 0 spiro atoms. The summed E-state index contributed by atoms with van der Waals surface area (Å²) >= 11 is 2.93. The number of halogens is 2. The molecule has 0 heterocycles. The highest BCUT2D eigenvalue weighted by atomic mass is 79.9. The van der Waals surface area contributed by atoms with E-state index >= 15 is 0 Å². The van der Waals surface area contributed by atoms with E-state index in [0.717, 1.165) is 0 Å². The molecule has 4 heteroatoms. The second-order valence-corrected chi connectivity index (χ2v) is 3.20. The second-order valence-electron chi connectivity index (χ2n) is 2.34. The first-order valence-electron chi connectivity index (χ1n) is 4.91. The van der Waals surface area contributed by atoms with E-state index in [0.29, 0.717) is 6.29 Å². The van der Waals surface area contributed by atoms with Crippen LogP contribution in [0.25, 0.3) is 0 Å². The normalized spacial score (nSPS) is 14.5. The Morgan fingerprint density at radius 3 is 3.15 bits per heavy atom. The summed E-state index contributed by atoms with van der Waals surface area (Å²) in [6, 6.07) is 2.82. The summed E-state index contributed by atoms with van der Waals surface area (Å²) in [5.74, 6) is -0.721. The minimum Gasteiger partial charge on any atom is -0.380 e. The summed E-state index contributed by atoms with van der Waals surface area (Å²) in [6.45, 7) is -0.339. The van der Waals surface area contributed by atoms with Crippen molar-refractivity contribution in [3.63, 3.8) is 0 Å². The fourth-order valence-electron chi connectivity index (χ4n) is 0.937. The van der Waals surface area contributed by atoms with Crippen LogP contribution in [0.4, 0.5) is 4.39 Å². The molecule has 0 saturated carbocycles. The quantitative estimate of drug-likeness (QED) is 0.770. The van der Waals surface area contributed by atoms with Crippen LogP contribution >= 0.6 is 15.9 Å². The second kappa shape index (κ2) is 4.48. The van der Waals surface area contributed by atoms with Gasteiger partial charge in [-0.3, -0.25) is 4.79 Å². The number of carbonyl (C=O) groups is 1. The van der Waals surface area contributed by atoms with E-state index in [1.807, 2.05) is 0 Å². The average Bonchev–Trinajstić information content (AvgIpc) is 2.18. The van der Waals surface area contributed by atoms with Crippen LogP contribution in [0.3, 0.4) is 0 Å². The van der Waals surface area contributed by atoms with Crippen LogP contribution in [-0.2, 0) is 11.3 Å². The van der Waals surface area contributed by atoms with Crippen molar-refractivity contribution < 1.29 is 18.0 Å². The Morgan fingerprint density at radius 1 is 1.77 bits per heavy atom. The van der Waals surface area contributed by atoms with E-state index in [1.54, 1.807) is 0 Å². The number of hydrogen-bond donors (Lipinski definition) is 0. The number of aldehydes is 1. The van der Waals surface area contributed by atoms with Crippen LogP contribution in [0.5, 0.6) is 0 Å². The van der Waals surface area contributed by atoms with Crippen molar-refractivity contribution in [1.82, 2.24) is 0 Å². The molecule has 0 aliphatic carbocycles. The van der Waals surface area contributed by atoms with Crippen LogP contribution in [0.15, 0.2) is 16.6 Å². The van der Waals surface area contributed by atoms with Crippen molar-refractivity contribution in [3.05, 3.63) is 33.5 Å². The molecule has 0 amide bonds. The lowest BCUT2D eigenvalue weighted by Gasteiger charge is -2.05. The van der Waals surface area contributed by atoms with Gasteiger partial charge in [0.2, 0.25) is 0 Å². The average molecular weight is 250 g/mol. The summed E-state index contributed by atoms with van der Waals surface area (Å²) in [5, 5.41) is 0. The first-order chi connectivity index (χ1) is 7.35. The lowest BCUT2D eigenvalue weighted by Crippen LogP contribution is -1.98. The first-order valence-corrected chi connectivity index (χ1v) is 4.20. The van der Waals surface area contributed by atoms with Crippen molar-refractivity contribution in [2.75, 3.05) is 7.04 Å². The van der Waals surface area contributed by atoms with Gasteiger partial charge in [0.25, 0.3) is 0 Å². The molecule has 0 aliphatic rings. The smallest absolute Gasteiger partial charge is 0.153 e. The Bertz CT molecular complexity index is 406. The number of ether oxygens (including phenoxy) is 1. The van der Waals surface area contributed by atoms with Gasteiger partial charge in [-0.15, -0.1) is 0 Å². The van der Waals surface area contributed by atoms with Crippen LogP contribution in [-0.4, -0.2) is 13.3 Å². The summed E-state index contributed by atoms with van der Waals surface area (Å²) in [5.41, 5.74) is 0.00505. The van der Waals surface area contributed by atoms with Gasteiger partial charge in [0.1, 0.15) is 5.82 Å². The summed E-state index contributed by atoms with van der Waals surface area (Å²) in [6.07, 6.45) is 0.332. The number of carbonyl (C=O) groups excluding carboxylic acids is 1. The van der Waals surface area contributed by atoms with Crippen molar-refractivity contribution in [1.29, 1.82) is 0 Å². The van der Waals surface area contributed by atoms with E-state index in [1.165, 1.54) is 12.1 Å². The van der Waals surface area contributed by atoms with Crippen molar-refractivity contribution >= 4 is 22.2 Å². The molecule has 0 atom stereocenters. The molecule has 70 valence electrons. The molecule has 0 aliphatic heterocycles. The zero-order chi connectivity index (χ0) is 12.3. The minimum absolute atomic E-state index is 0.146. The van der Waals surface area contributed by atoms with Crippen molar-refractivity contribution in [2.24, 2.45) is 0 Å². The van der Waals surface area contributed by atoms with Crippen LogP contribution in [0, 0.1) is 5.82 Å². The van der Waals surface area contributed by atoms with Gasteiger partial charge in [0, 0.05) is 7.04 Å². The van der Waals surface area contributed by atoms with Gasteiger partial charge >= 0.3 is 0 Å². The number of benzene rings is 1. The predicted molar refractivity (Wildman–Crippen MR) is 50.2 cm³/mol. The predicted octanol–water partition coefficient (Wildman–Crippen LogP) is 2.55. The Labute approximate surface area is 88.0 Å². The van der Waals surface area contributed by atoms with E-state index in [9.17, 15) is 9.18 Å². The molecule has 0 bridgehead atoms. The lowest BCUT2D eigenvalue weighted by atomic mass is 10.1. The SMILES string of the molecule is [2H]C([2H])([2H])OCc1ccc(Br)c(F)c1C=O. The molecular formula is C9H8BrFO2. The maximum Gasteiger partial charge on any atom is 0.153 e. The zero-order valence-corrected chi connectivity index (χ0v) is 8.10. The topological polar surface area (TPSA) is 26.3 Å². The number of hydrogen-bond acceptors (Lipinski definition) is 2. The van der Waals surface area contributed by atoms with E-state index < -0.39 is 12.9 Å². The molecular weight excluding hydrogens is 239 g/mol. The third kappa shape index (κ3) is 2.14. The van der Waals surface area contributed by atoms with Crippen LogP contribution in [0.2, 0.25) is 0 Å². The fourth-order valence-corrected chi connectivity index (χ4v) is 1.28. The van der Waals surface area contributed by atoms with Crippen LogP contribution < -0.4 is 0 Å². The molecule has 0 unspecified atom stereocenters. The van der Waals surface area contributed by atoms with E-state index in [2.05, 4.69) is 20.7 Å². The summed E-state index contributed by atoms with van der Waals surface area (Å²) in [7, 11) is -2.57. The fraction of sp³-hybridized carbons (Fsp3) is 0.222. The van der Waals surface area contributed by atoms with Gasteiger partial charge in [-0.05, 0) is 27.6 Å². The van der Waals surface area contributed by atoms with Crippen molar-refractivity contribution in [2.45, 2.75) is 6.61 Å². The molecule has 0 saturated heterocycles. The first kappa shape index (κ1) is 6.68. The standard InChI is InChI=1S/C9H8BrFO2/c1-13-5-6-2-3-8(10)9(11)7(6)4-12/h2-4H,5H2,1H3/i1D3. The number of rotatable bonds is 3. The molecule has 1 aromatic rings. The third-order valence-electron chi connectivity index (χ3n) is 1.57. The Kier molecular flexibility index (Phi) is 2.30. The van der Waals surface area contributed by atoms with Gasteiger partial charge in [-0.25, -0.2) is 4.39 Å². The molecule has 1 aromatic carbocycles. The van der Waals surface area contributed by atoms with Gasteiger partial charge in [-0.1, -0.05) is 6.07 Å². The van der Waals surface area contributed by atoms with Gasteiger partial charge < -0.3 is 4.74 Å². The van der Waals surface area contributed by atoms with Gasteiger partial charge in [0.15, 0.2) is 6.29 Å².